The van der Waals surface area contributed by atoms with Crippen LogP contribution in [0.5, 0.6) is 5.75 Å². The van der Waals surface area contributed by atoms with Crippen LogP contribution >= 0.6 is 15.9 Å². The molecule has 2 aromatic carbocycles. The van der Waals surface area contributed by atoms with Crippen molar-refractivity contribution >= 4 is 43.6 Å². The number of hydrogen-bond acceptors (Lipinski definition) is 5. The second-order valence-electron chi connectivity index (χ2n) is 6.64. The van der Waals surface area contributed by atoms with Crippen molar-refractivity contribution in [1.82, 2.24) is 4.31 Å². The number of benzene rings is 2. The third-order valence-electron chi connectivity index (χ3n) is 4.68. The Kier molecular flexibility index (Phi) is 5.73. The van der Waals surface area contributed by atoms with Crippen LogP contribution < -0.4 is 10.1 Å². The van der Waals surface area contributed by atoms with Gasteiger partial charge in [0.15, 0.2) is 0 Å². The molecule has 0 unspecified atom stereocenters. The number of morpholine rings is 1. The second kappa shape index (κ2) is 8.27. The molecule has 0 radical (unpaired) electrons. The quantitative estimate of drug-likeness (QED) is 0.729. The van der Waals surface area contributed by atoms with E-state index in [9.17, 15) is 13.2 Å². The number of anilines is 1. The Hall–Kier alpha value is -2.20. The molecule has 2 heterocycles. The number of sulfonamides is 1. The highest BCUT2D eigenvalue weighted by atomic mass is 79.9. The van der Waals surface area contributed by atoms with Crippen molar-refractivity contribution in [2.24, 2.45) is 0 Å². The Morgan fingerprint density at radius 2 is 1.90 bits per heavy atom. The maximum absolute atomic E-state index is 12.8. The molecule has 4 rings (SSSR count). The maximum atomic E-state index is 12.8. The molecule has 1 N–H and O–H groups in total. The van der Waals surface area contributed by atoms with E-state index in [2.05, 4.69) is 21.2 Å². The van der Waals surface area contributed by atoms with E-state index in [0.29, 0.717) is 43.3 Å². The van der Waals surface area contributed by atoms with Gasteiger partial charge >= 0.3 is 0 Å². The molecule has 1 saturated heterocycles. The molecular formula is C20H19BrN2O5S. The van der Waals surface area contributed by atoms with Gasteiger partial charge in [-0.2, -0.15) is 4.31 Å². The van der Waals surface area contributed by atoms with Crippen molar-refractivity contribution in [3.63, 3.8) is 0 Å². The van der Waals surface area contributed by atoms with Crippen molar-refractivity contribution in [1.29, 1.82) is 0 Å². The van der Waals surface area contributed by atoms with Gasteiger partial charge in [-0.1, -0.05) is 22.0 Å². The van der Waals surface area contributed by atoms with Crippen molar-refractivity contribution < 1.29 is 22.7 Å². The van der Waals surface area contributed by atoms with Crippen LogP contribution in [0.1, 0.15) is 5.56 Å². The Morgan fingerprint density at radius 1 is 1.10 bits per heavy atom. The van der Waals surface area contributed by atoms with Gasteiger partial charge in [0.05, 0.1) is 23.7 Å². The molecule has 7 nitrogen and oxygen atoms in total. The first-order chi connectivity index (χ1) is 13.9. The van der Waals surface area contributed by atoms with Crippen LogP contribution in [0.2, 0.25) is 0 Å². The fourth-order valence-electron chi connectivity index (χ4n) is 3.16. The van der Waals surface area contributed by atoms with E-state index in [1.165, 1.54) is 16.4 Å². The largest absolute Gasteiger partial charge is 0.488 e. The number of hydrogen-bond donors (Lipinski definition) is 1. The van der Waals surface area contributed by atoms with Gasteiger partial charge in [0.25, 0.3) is 5.91 Å². The average Bonchev–Trinajstić information content (AvgIpc) is 2.74. The van der Waals surface area contributed by atoms with E-state index in [1.807, 2.05) is 18.2 Å². The van der Waals surface area contributed by atoms with Crippen molar-refractivity contribution in [2.75, 3.05) is 38.2 Å². The summed E-state index contributed by atoms with van der Waals surface area (Å²) in [5.74, 6) is 0.375. The van der Waals surface area contributed by atoms with Crippen molar-refractivity contribution in [3.05, 3.63) is 58.1 Å². The van der Waals surface area contributed by atoms with Gasteiger partial charge < -0.3 is 14.8 Å². The lowest BCUT2D eigenvalue weighted by atomic mass is 10.1. The van der Waals surface area contributed by atoms with Gasteiger partial charge in [-0.25, -0.2) is 8.42 Å². The van der Waals surface area contributed by atoms with Gasteiger partial charge in [0.1, 0.15) is 12.4 Å². The summed E-state index contributed by atoms with van der Waals surface area (Å²) in [6.45, 7) is 1.53. The summed E-state index contributed by atoms with van der Waals surface area (Å²) in [6.07, 6.45) is 1.77. The molecule has 0 aliphatic carbocycles. The smallest absolute Gasteiger partial charge is 0.255 e. The van der Waals surface area contributed by atoms with E-state index in [-0.39, 0.29) is 17.4 Å². The second-order valence-corrected chi connectivity index (χ2v) is 9.49. The first-order valence-electron chi connectivity index (χ1n) is 9.06. The molecule has 0 bridgehead atoms. The maximum Gasteiger partial charge on any atom is 0.255 e. The van der Waals surface area contributed by atoms with Crippen LogP contribution in [0.15, 0.2) is 57.4 Å². The monoisotopic (exact) mass is 478 g/mol. The zero-order valence-corrected chi connectivity index (χ0v) is 17.8. The molecule has 9 heteroatoms. The lowest BCUT2D eigenvalue weighted by Crippen LogP contribution is -2.40. The van der Waals surface area contributed by atoms with E-state index in [0.717, 1.165) is 10.0 Å². The molecule has 0 atom stereocenters. The molecule has 152 valence electrons. The first-order valence-corrected chi connectivity index (χ1v) is 11.3. The average molecular weight is 479 g/mol. The highest BCUT2D eigenvalue weighted by molar-refractivity contribution is 9.10. The molecule has 0 aromatic heterocycles. The van der Waals surface area contributed by atoms with Crippen LogP contribution in [0.25, 0.3) is 6.08 Å². The Balaban J connectivity index is 1.53. The third-order valence-corrected chi connectivity index (χ3v) is 7.06. The first kappa shape index (κ1) is 20.1. The summed E-state index contributed by atoms with van der Waals surface area (Å²) in [7, 11) is -3.63. The highest BCUT2D eigenvalue weighted by Crippen LogP contribution is 2.29. The van der Waals surface area contributed by atoms with E-state index >= 15 is 0 Å². The summed E-state index contributed by atoms with van der Waals surface area (Å²) in [6, 6.07) is 11.8. The fourth-order valence-corrected chi connectivity index (χ4v) is 4.99. The number of halogens is 1. The van der Waals surface area contributed by atoms with Gasteiger partial charge in [0, 0.05) is 28.8 Å². The van der Waals surface area contributed by atoms with Gasteiger partial charge in [0.2, 0.25) is 10.0 Å². The summed E-state index contributed by atoms with van der Waals surface area (Å²) < 4.78 is 38.8. The van der Waals surface area contributed by atoms with Gasteiger partial charge in [-0.15, -0.1) is 0 Å². The summed E-state index contributed by atoms with van der Waals surface area (Å²) in [5.41, 5.74) is 1.67. The molecule has 1 amide bonds. The number of amides is 1. The van der Waals surface area contributed by atoms with Crippen molar-refractivity contribution in [3.8, 4) is 5.75 Å². The Labute approximate surface area is 177 Å². The predicted molar refractivity (Wildman–Crippen MR) is 112 cm³/mol. The summed E-state index contributed by atoms with van der Waals surface area (Å²) >= 11 is 3.41. The lowest BCUT2D eigenvalue weighted by Gasteiger charge is -2.26. The van der Waals surface area contributed by atoms with Crippen LogP contribution in [-0.2, 0) is 19.6 Å². The van der Waals surface area contributed by atoms with Crippen LogP contribution in [0.3, 0.4) is 0 Å². The topological polar surface area (TPSA) is 84.9 Å². The van der Waals surface area contributed by atoms with Crippen LogP contribution in [0, 0.1) is 0 Å². The number of ether oxygens (including phenoxy) is 2. The highest BCUT2D eigenvalue weighted by Gasteiger charge is 2.26. The number of carbonyl (C=O) groups is 1. The fraction of sp³-hybridized carbons (Fsp3) is 0.250. The zero-order chi connectivity index (χ0) is 20.4. The van der Waals surface area contributed by atoms with Crippen LogP contribution in [-0.4, -0.2) is 51.5 Å². The number of carbonyl (C=O) groups excluding carboxylic acids is 1. The SMILES string of the molecule is O=C(Nc1cccc(S(=O)(=O)N2CCOCC2)c1)C1=Cc2cc(Br)ccc2OC1. The number of nitrogens with zero attached hydrogens (tertiary/aromatic N) is 1. The minimum absolute atomic E-state index is 0.139. The molecule has 0 saturated carbocycles. The number of nitrogens with one attached hydrogen (secondary N) is 1. The molecule has 2 aromatic rings. The molecule has 0 spiro atoms. The molecule has 2 aliphatic heterocycles. The molecule has 2 aliphatic rings. The van der Waals surface area contributed by atoms with Crippen LogP contribution in [0.4, 0.5) is 5.69 Å². The van der Waals surface area contributed by atoms with Gasteiger partial charge in [-0.05, 0) is 42.5 Å². The number of fused-ring (bicyclic) bond motifs is 1. The summed E-state index contributed by atoms with van der Waals surface area (Å²) in [5, 5.41) is 2.77. The molecular weight excluding hydrogens is 460 g/mol. The predicted octanol–water partition coefficient (Wildman–Crippen LogP) is 2.88. The molecule has 29 heavy (non-hydrogen) atoms. The third kappa shape index (κ3) is 4.37. The Morgan fingerprint density at radius 3 is 2.69 bits per heavy atom. The Bertz CT molecular complexity index is 1080. The normalized spacial score (nSPS) is 17.1. The summed E-state index contributed by atoms with van der Waals surface area (Å²) in [4.78, 5) is 12.8. The van der Waals surface area contributed by atoms with E-state index in [1.54, 1.807) is 18.2 Å². The minimum Gasteiger partial charge on any atom is -0.488 e. The van der Waals surface area contributed by atoms with E-state index < -0.39 is 10.0 Å². The standard InChI is InChI=1S/C20H19BrN2O5S/c21-16-4-5-19-14(11-16)10-15(13-28-19)20(24)22-17-2-1-3-18(12-17)29(25,26)23-6-8-27-9-7-23/h1-5,10-12H,6-9,13H2,(H,22,24). The van der Waals surface area contributed by atoms with E-state index in [4.69, 9.17) is 9.47 Å². The van der Waals surface area contributed by atoms with Crippen molar-refractivity contribution in [2.45, 2.75) is 4.90 Å². The zero-order valence-electron chi connectivity index (χ0n) is 15.4. The lowest BCUT2D eigenvalue weighted by molar-refractivity contribution is -0.113. The van der Waals surface area contributed by atoms with Gasteiger partial charge in [-0.3, -0.25) is 4.79 Å². The minimum atomic E-state index is -3.63. The number of rotatable bonds is 4. The molecule has 1 fully saturated rings.